The van der Waals surface area contributed by atoms with Crippen LogP contribution in [0, 0.1) is 0 Å². The van der Waals surface area contributed by atoms with Crippen LogP contribution in [0.25, 0.3) is 0 Å². The van der Waals surface area contributed by atoms with Crippen LogP contribution in [0.2, 0.25) is 0 Å². The zero-order valence-electron chi connectivity index (χ0n) is 17.2. The molecule has 8 heteroatoms. The van der Waals surface area contributed by atoms with Crippen molar-refractivity contribution in [3.05, 3.63) is 35.9 Å². The molecule has 0 heterocycles. The number of carbonyl (C=O) groups is 2. The van der Waals surface area contributed by atoms with E-state index in [2.05, 4.69) is 20.9 Å². The molecule has 1 aromatic rings. The lowest BCUT2D eigenvalue weighted by atomic mass is 10.1. The average Bonchev–Trinajstić information content (AvgIpc) is 2.68. The smallest absolute Gasteiger partial charge is 0.241 e. The average molecular weight is 503 g/mol. The van der Waals surface area contributed by atoms with E-state index in [1.165, 1.54) is 5.56 Å². The van der Waals surface area contributed by atoms with Gasteiger partial charge in [0, 0.05) is 39.1 Å². The molecule has 28 heavy (non-hydrogen) atoms. The van der Waals surface area contributed by atoms with Crippen molar-refractivity contribution in [1.29, 1.82) is 0 Å². The summed E-state index contributed by atoms with van der Waals surface area (Å²) in [7, 11) is 0. The van der Waals surface area contributed by atoms with E-state index in [0.29, 0.717) is 45.1 Å². The summed E-state index contributed by atoms with van der Waals surface area (Å²) in [6, 6.07) is 10.0. The topological polar surface area (TPSA) is 85.8 Å². The van der Waals surface area contributed by atoms with Crippen molar-refractivity contribution >= 4 is 41.8 Å². The Hall–Kier alpha value is -1.84. The molecular formula is C20H34IN5O2. The number of rotatable bonds is 11. The molecule has 0 unspecified atom stereocenters. The molecule has 0 atom stereocenters. The fraction of sp³-hybridized carbons (Fsp3) is 0.550. The van der Waals surface area contributed by atoms with Crippen LogP contribution >= 0.6 is 24.0 Å². The number of halogens is 1. The number of hydrogen-bond donors (Lipinski definition) is 3. The molecule has 158 valence electrons. The minimum Gasteiger partial charge on any atom is -0.357 e. The van der Waals surface area contributed by atoms with Crippen LogP contribution in [0.3, 0.4) is 0 Å². The highest BCUT2D eigenvalue weighted by atomic mass is 127. The van der Waals surface area contributed by atoms with Gasteiger partial charge in [0.2, 0.25) is 11.8 Å². The lowest BCUT2D eigenvalue weighted by Gasteiger charge is -2.19. The minimum atomic E-state index is -0.123. The number of nitrogens with one attached hydrogen (secondary N) is 3. The first-order valence-electron chi connectivity index (χ1n) is 9.71. The summed E-state index contributed by atoms with van der Waals surface area (Å²) in [6.45, 7) is 9.13. The van der Waals surface area contributed by atoms with Crippen molar-refractivity contribution < 1.29 is 9.59 Å². The number of guanidine groups is 1. The highest BCUT2D eigenvalue weighted by Gasteiger charge is 2.09. The molecule has 3 N–H and O–H groups in total. The Bertz CT molecular complexity index is 592. The molecule has 0 bridgehead atoms. The van der Waals surface area contributed by atoms with Gasteiger partial charge in [-0.2, -0.15) is 0 Å². The van der Waals surface area contributed by atoms with Crippen LogP contribution in [-0.4, -0.2) is 61.9 Å². The Labute approximate surface area is 185 Å². The second-order valence-corrected chi connectivity index (χ2v) is 6.02. The molecule has 0 radical (unpaired) electrons. The van der Waals surface area contributed by atoms with Crippen LogP contribution < -0.4 is 16.0 Å². The standard InChI is InChI=1S/C20H33N5O2.HI/c1-4-21-20(23-15-13-19(27)25(5-2)6-3)24-16-18(26)22-14-12-17-10-8-7-9-11-17;/h7-11H,4-6,12-16H2,1-3H3,(H,22,26)(H2,21,23,24);1H. The monoisotopic (exact) mass is 503 g/mol. The highest BCUT2D eigenvalue weighted by Crippen LogP contribution is 1.98. The first-order valence-corrected chi connectivity index (χ1v) is 9.71. The zero-order chi connectivity index (χ0) is 19.9. The Balaban J connectivity index is 0.00000729. The quantitative estimate of drug-likeness (QED) is 0.244. The van der Waals surface area contributed by atoms with Gasteiger partial charge < -0.3 is 20.9 Å². The molecule has 0 aliphatic rings. The summed E-state index contributed by atoms with van der Waals surface area (Å²) < 4.78 is 0. The van der Waals surface area contributed by atoms with Gasteiger partial charge in [-0.3, -0.25) is 9.59 Å². The predicted molar refractivity (Wildman–Crippen MR) is 125 cm³/mol. The van der Waals surface area contributed by atoms with Crippen molar-refractivity contribution in [3.8, 4) is 0 Å². The van der Waals surface area contributed by atoms with Gasteiger partial charge in [0.1, 0.15) is 6.54 Å². The molecule has 0 saturated carbocycles. The second kappa shape index (κ2) is 16.1. The number of hydrogen-bond acceptors (Lipinski definition) is 3. The number of amides is 2. The molecule has 0 aliphatic heterocycles. The summed E-state index contributed by atoms with van der Waals surface area (Å²) in [4.78, 5) is 30.0. The SMILES string of the molecule is CCNC(=NCC(=O)NCCc1ccccc1)NCCC(=O)N(CC)CC.I. The van der Waals surface area contributed by atoms with Crippen LogP contribution in [0.15, 0.2) is 35.3 Å². The van der Waals surface area contributed by atoms with E-state index < -0.39 is 0 Å². The Morgan fingerprint density at radius 3 is 2.25 bits per heavy atom. The zero-order valence-corrected chi connectivity index (χ0v) is 19.5. The van der Waals surface area contributed by atoms with E-state index in [1.807, 2.05) is 51.1 Å². The predicted octanol–water partition coefficient (Wildman–Crippen LogP) is 1.78. The molecule has 0 spiro atoms. The molecular weight excluding hydrogens is 469 g/mol. The molecule has 2 amide bonds. The van der Waals surface area contributed by atoms with Crippen molar-refractivity contribution in [2.45, 2.75) is 33.6 Å². The van der Waals surface area contributed by atoms with Gasteiger partial charge >= 0.3 is 0 Å². The van der Waals surface area contributed by atoms with Gasteiger partial charge in [0.15, 0.2) is 5.96 Å². The van der Waals surface area contributed by atoms with E-state index in [4.69, 9.17) is 0 Å². The largest absolute Gasteiger partial charge is 0.357 e. The second-order valence-electron chi connectivity index (χ2n) is 6.02. The first-order chi connectivity index (χ1) is 13.1. The fourth-order valence-electron chi connectivity index (χ4n) is 2.56. The first kappa shape index (κ1) is 26.2. The van der Waals surface area contributed by atoms with E-state index >= 15 is 0 Å². The van der Waals surface area contributed by atoms with Gasteiger partial charge in [-0.25, -0.2) is 4.99 Å². The summed E-state index contributed by atoms with van der Waals surface area (Å²) in [5.41, 5.74) is 1.19. The summed E-state index contributed by atoms with van der Waals surface area (Å²) in [5.74, 6) is 0.535. The van der Waals surface area contributed by atoms with Crippen LogP contribution in [0.1, 0.15) is 32.8 Å². The Morgan fingerprint density at radius 1 is 0.964 bits per heavy atom. The number of benzene rings is 1. The van der Waals surface area contributed by atoms with Gasteiger partial charge in [0.05, 0.1) is 0 Å². The third-order valence-corrected chi connectivity index (χ3v) is 4.05. The lowest BCUT2D eigenvalue weighted by Crippen LogP contribution is -2.41. The summed E-state index contributed by atoms with van der Waals surface area (Å²) >= 11 is 0. The Kier molecular flexibility index (Phi) is 15.1. The maximum absolute atomic E-state index is 12.0. The maximum Gasteiger partial charge on any atom is 0.241 e. The van der Waals surface area contributed by atoms with E-state index in [1.54, 1.807) is 4.90 Å². The third-order valence-electron chi connectivity index (χ3n) is 4.05. The number of nitrogens with zero attached hydrogens (tertiary/aromatic N) is 2. The molecule has 1 rings (SSSR count). The lowest BCUT2D eigenvalue weighted by molar-refractivity contribution is -0.130. The van der Waals surface area contributed by atoms with Crippen molar-refractivity contribution in [2.24, 2.45) is 4.99 Å². The van der Waals surface area contributed by atoms with E-state index in [-0.39, 0.29) is 42.3 Å². The van der Waals surface area contributed by atoms with Crippen molar-refractivity contribution in [2.75, 3.05) is 39.3 Å². The summed E-state index contributed by atoms with van der Waals surface area (Å²) in [5, 5.41) is 9.06. The van der Waals surface area contributed by atoms with Crippen molar-refractivity contribution in [3.63, 3.8) is 0 Å². The van der Waals surface area contributed by atoms with Crippen LogP contribution in [0.4, 0.5) is 0 Å². The van der Waals surface area contributed by atoms with Crippen molar-refractivity contribution in [1.82, 2.24) is 20.9 Å². The van der Waals surface area contributed by atoms with Gasteiger partial charge in [0.25, 0.3) is 0 Å². The molecule has 1 aromatic carbocycles. The van der Waals surface area contributed by atoms with Gasteiger partial charge in [-0.15, -0.1) is 24.0 Å². The van der Waals surface area contributed by atoms with Gasteiger partial charge in [-0.1, -0.05) is 30.3 Å². The van der Waals surface area contributed by atoms with Crippen LogP contribution in [-0.2, 0) is 16.0 Å². The van der Waals surface area contributed by atoms with Crippen LogP contribution in [0.5, 0.6) is 0 Å². The summed E-state index contributed by atoms with van der Waals surface area (Å²) in [6.07, 6.45) is 1.19. The molecule has 7 nitrogen and oxygen atoms in total. The third kappa shape index (κ3) is 11.1. The normalized spacial score (nSPS) is 10.6. The molecule has 0 aliphatic carbocycles. The van der Waals surface area contributed by atoms with E-state index in [0.717, 1.165) is 6.42 Å². The fourth-order valence-corrected chi connectivity index (χ4v) is 2.56. The molecule has 0 saturated heterocycles. The number of aliphatic imine (C=N–C) groups is 1. The number of carbonyl (C=O) groups excluding carboxylic acids is 2. The maximum atomic E-state index is 12.0. The molecule has 0 aromatic heterocycles. The Morgan fingerprint density at radius 2 is 1.64 bits per heavy atom. The van der Waals surface area contributed by atoms with Gasteiger partial charge in [-0.05, 0) is 32.8 Å². The highest BCUT2D eigenvalue weighted by molar-refractivity contribution is 14.0. The minimum absolute atomic E-state index is 0. The van der Waals surface area contributed by atoms with E-state index in [9.17, 15) is 9.59 Å². The molecule has 0 fully saturated rings.